The van der Waals surface area contributed by atoms with Gasteiger partial charge in [0.2, 0.25) is 0 Å². The van der Waals surface area contributed by atoms with Gasteiger partial charge in [-0.2, -0.15) is 0 Å². The molecule has 1 aliphatic carbocycles. The van der Waals surface area contributed by atoms with Gasteiger partial charge in [0.1, 0.15) is 0 Å². The third-order valence-corrected chi connectivity index (χ3v) is 3.55. The lowest BCUT2D eigenvalue weighted by Gasteiger charge is -2.23. The lowest BCUT2D eigenvalue weighted by molar-refractivity contribution is 0.335. The number of nitrogens with one attached hydrogen (secondary N) is 1. The minimum absolute atomic E-state index is 0.0983. The van der Waals surface area contributed by atoms with Gasteiger partial charge in [-0.15, -0.1) is 0 Å². The Morgan fingerprint density at radius 3 is 2.41 bits per heavy atom. The number of hydrogen-bond donors (Lipinski definition) is 1. The summed E-state index contributed by atoms with van der Waals surface area (Å²) in [5.74, 6) is 0.177. The Bertz CT molecular complexity index is 462. The number of aromatic amines is 1. The van der Waals surface area contributed by atoms with E-state index in [1.165, 1.54) is 11.0 Å². The smallest absolute Gasteiger partial charge is 0.311 e. The standard InChI is InChI=1S/C13H20N2O2/c1-9(2)11-8-12(16)15(13(17)14-11)10-6-4-3-5-7-10/h8-10H,3-7H2,1-2H3,(H,14,17). The van der Waals surface area contributed by atoms with Gasteiger partial charge in [-0.3, -0.25) is 9.36 Å². The van der Waals surface area contributed by atoms with Gasteiger partial charge in [0.15, 0.2) is 0 Å². The number of hydrogen-bond acceptors (Lipinski definition) is 2. The molecule has 1 fully saturated rings. The first-order chi connectivity index (χ1) is 8.09. The summed E-state index contributed by atoms with van der Waals surface area (Å²) in [5, 5.41) is 0. The molecule has 94 valence electrons. The van der Waals surface area contributed by atoms with Crippen LogP contribution in [0.5, 0.6) is 0 Å². The molecule has 1 saturated carbocycles. The molecular formula is C13H20N2O2. The van der Waals surface area contributed by atoms with E-state index in [2.05, 4.69) is 4.98 Å². The number of H-pyrrole nitrogens is 1. The van der Waals surface area contributed by atoms with Crippen molar-refractivity contribution >= 4 is 0 Å². The average Bonchev–Trinajstić information content (AvgIpc) is 2.29. The van der Waals surface area contributed by atoms with Crippen LogP contribution < -0.4 is 11.2 Å². The Balaban J connectivity index is 2.41. The molecule has 1 heterocycles. The Labute approximate surface area is 101 Å². The van der Waals surface area contributed by atoms with Crippen LogP contribution in [0.4, 0.5) is 0 Å². The molecule has 2 rings (SSSR count). The molecule has 1 N–H and O–H groups in total. The second-order valence-corrected chi connectivity index (χ2v) is 5.18. The molecule has 0 spiro atoms. The zero-order chi connectivity index (χ0) is 12.4. The van der Waals surface area contributed by atoms with Crippen LogP contribution in [0.1, 0.15) is 63.6 Å². The van der Waals surface area contributed by atoms with Crippen molar-refractivity contribution in [1.82, 2.24) is 9.55 Å². The van der Waals surface area contributed by atoms with Gasteiger partial charge in [-0.25, -0.2) is 4.79 Å². The molecule has 4 heteroatoms. The van der Waals surface area contributed by atoms with Crippen molar-refractivity contribution in [2.24, 2.45) is 0 Å². The Hall–Kier alpha value is -1.32. The van der Waals surface area contributed by atoms with Crippen molar-refractivity contribution in [1.29, 1.82) is 0 Å². The number of rotatable bonds is 2. The van der Waals surface area contributed by atoms with Crippen molar-refractivity contribution in [3.63, 3.8) is 0 Å². The largest absolute Gasteiger partial charge is 0.328 e. The van der Waals surface area contributed by atoms with Crippen molar-refractivity contribution in [2.75, 3.05) is 0 Å². The van der Waals surface area contributed by atoms with Gasteiger partial charge in [-0.05, 0) is 18.8 Å². The fraction of sp³-hybridized carbons (Fsp3) is 0.692. The molecule has 0 atom stereocenters. The maximum Gasteiger partial charge on any atom is 0.328 e. The SMILES string of the molecule is CC(C)c1cc(=O)n(C2CCCCC2)c(=O)[nH]1. The van der Waals surface area contributed by atoms with Gasteiger partial charge in [0.25, 0.3) is 5.56 Å². The lowest BCUT2D eigenvalue weighted by Crippen LogP contribution is -2.39. The fourth-order valence-corrected chi connectivity index (χ4v) is 2.52. The Kier molecular flexibility index (Phi) is 3.50. The maximum atomic E-state index is 12.0. The van der Waals surface area contributed by atoms with Crippen LogP contribution in [0.3, 0.4) is 0 Å². The summed E-state index contributed by atoms with van der Waals surface area (Å²) in [6, 6.07) is 1.67. The summed E-state index contributed by atoms with van der Waals surface area (Å²) in [7, 11) is 0. The zero-order valence-corrected chi connectivity index (χ0v) is 10.5. The summed E-state index contributed by atoms with van der Waals surface area (Å²) in [4.78, 5) is 26.8. The highest BCUT2D eigenvalue weighted by molar-refractivity contribution is 5.05. The van der Waals surface area contributed by atoms with Crippen LogP contribution in [-0.4, -0.2) is 9.55 Å². The highest BCUT2D eigenvalue weighted by Gasteiger charge is 2.19. The second-order valence-electron chi connectivity index (χ2n) is 5.18. The summed E-state index contributed by atoms with van der Waals surface area (Å²) in [6.45, 7) is 3.94. The van der Waals surface area contributed by atoms with Gasteiger partial charge < -0.3 is 4.98 Å². The molecule has 1 aromatic rings. The van der Waals surface area contributed by atoms with Crippen molar-refractivity contribution in [2.45, 2.75) is 57.9 Å². The van der Waals surface area contributed by atoms with E-state index in [4.69, 9.17) is 0 Å². The third kappa shape index (κ3) is 2.51. The fourth-order valence-electron chi connectivity index (χ4n) is 2.52. The van der Waals surface area contributed by atoms with Crippen LogP contribution in [0, 0.1) is 0 Å². The van der Waals surface area contributed by atoms with E-state index >= 15 is 0 Å². The molecule has 1 aromatic heterocycles. The first-order valence-electron chi connectivity index (χ1n) is 6.45. The van der Waals surface area contributed by atoms with Crippen LogP contribution in [0.2, 0.25) is 0 Å². The summed E-state index contributed by atoms with van der Waals surface area (Å²) >= 11 is 0. The molecule has 0 aromatic carbocycles. The molecule has 17 heavy (non-hydrogen) atoms. The molecule has 0 aliphatic heterocycles. The third-order valence-electron chi connectivity index (χ3n) is 3.55. The van der Waals surface area contributed by atoms with Gasteiger partial charge in [0, 0.05) is 17.8 Å². The average molecular weight is 236 g/mol. The minimum Gasteiger partial charge on any atom is -0.311 e. The number of aromatic nitrogens is 2. The predicted octanol–water partition coefficient (Wildman–Crippen LogP) is 2.17. The summed E-state index contributed by atoms with van der Waals surface area (Å²) in [6.07, 6.45) is 5.34. The van der Waals surface area contributed by atoms with Crippen molar-refractivity contribution < 1.29 is 0 Å². The van der Waals surface area contributed by atoms with Crippen molar-refractivity contribution in [3.05, 3.63) is 32.6 Å². The normalized spacial score (nSPS) is 17.6. The molecular weight excluding hydrogens is 216 g/mol. The maximum absolute atomic E-state index is 12.0. The van der Waals surface area contributed by atoms with E-state index in [0.29, 0.717) is 0 Å². The number of nitrogens with zero attached hydrogens (tertiary/aromatic N) is 1. The quantitative estimate of drug-likeness (QED) is 0.855. The summed E-state index contributed by atoms with van der Waals surface area (Å²) in [5.41, 5.74) is 0.338. The van der Waals surface area contributed by atoms with Crippen LogP contribution in [0.25, 0.3) is 0 Å². The molecule has 0 amide bonds. The van der Waals surface area contributed by atoms with Crippen LogP contribution in [0.15, 0.2) is 15.7 Å². The van der Waals surface area contributed by atoms with E-state index in [-0.39, 0.29) is 23.2 Å². The highest BCUT2D eigenvalue weighted by atomic mass is 16.2. The van der Waals surface area contributed by atoms with Gasteiger partial charge in [-0.1, -0.05) is 33.1 Å². The Morgan fingerprint density at radius 1 is 1.24 bits per heavy atom. The molecule has 4 nitrogen and oxygen atoms in total. The van der Waals surface area contributed by atoms with E-state index in [9.17, 15) is 9.59 Å². The van der Waals surface area contributed by atoms with E-state index < -0.39 is 0 Å². The molecule has 0 radical (unpaired) electrons. The monoisotopic (exact) mass is 236 g/mol. The minimum atomic E-state index is -0.242. The first kappa shape index (κ1) is 12.1. The van der Waals surface area contributed by atoms with Crippen molar-refractivity contribution in [3.8, 4) is 0 Å². The predicted molar refractivity (Wildman–Crippen MR) is 67.5 cm³/mol. The zero-order valence-electron chi connectivity index (χ0n) is 10.5. The topological polar surface area (TPSA) is 54.9 Å². The van der Waals surface area contributed by atoms with E-state index in [0.717, 1.165) is 31.4 Å². The molecule has 0 bridgehead atoms. The molecule has 0 saturated heterocycles. The van der Waals surface area contributed by atoms with Crippen LogP contribution in [-0.2, 0) is 0 Å². The van der Waals surface area contributed by atoms with E-state index in [1.807, 2.05) is 13.8 Å². The Morgan fingerprint density at radius 2 is 1.88 bits per heavy atom. The highest BCUT2D eigenvalue weighted by Crippen LogP contribution is 2.25. The van der Waals surface area contributed by atoms with Gasteiger partial charge >= 0.3 is 5.69 Å². The van der Waals surface area contributed by atoms with Gasteiger partial charge in [0.05, 0.1) is 0 Å². The molecule has 1 aliphatic rings. The van der Waals surface area contributed by atoms with E-state index in [1.54, 1.807) is 6.07 Å². The summed E-state index contributed by atoms with van der Waals surface area (Å²) < 4.78 is 1.41. The first-order valence-corrected chi connectivity index (χ1v) is 6.45. The van der Waals surface area contributed by atoms with Crippen LogP contribution >= 0.6 is 0 Å². The lowest BCUT2D eigenvalue weighted by atomic mass is 9.95. The molecule has 0 unspecified atom stereocenters. The second kappa shape index (κ2) is 4.90.